The zero-order valence-electron chi connectivity index (χ0n) is 6.24. The molecule has 0 aliphatic rings. The van der Waals surface area contributed by atoms with Crippen molar-refractivity contribution in [1.29, 1.82) is 0 Å². The second-order valence-corrected chi connectivity index (χ2v) is 3.99. The first-order valence-electron chi connectivity index (χ1n) is 3.16. The third kappa shape index (κ3) is 1.89. The molecule has 0 fully saturated rings. The minimum atomic E-state index is -0.402. The smallest absolute Gasteiger partial charge is 0.258 e. The zero-order chi connectivity index (χ0) is 9.30. The van der Waals surface area contributed by atoms with Gasteiger partial charge in [-0.3, -0.25) is 10.1 Å². The molecule has 1 aromatic carbocycles. The molecule has 64 valence electrons. The number of halogens is 1. The minimum absolute atomic E-state index is 0.117. The monoisotopic (exact) mass is 295 g/mol. The standard InChI is InChI=1S/C7H6INO2S/c1-4-2-5(8)6(9(10)11)3-7(4)12/h2-3,12H,1H3. The molecule has 0 radical (unpaired) electrons. The van der Waals surface area contributed by atoms with E-state index in [9.17, 15) is 10.1 Å². The van der Waals surface area contributed by atoms with Gasteiger partial charge >= 0.3 is 0 Å². The van der Waals surface area contributed by atoms with Crippen molar-refractivity contribution in [3.8, 4) is 0 Å². The van der Waals surface area contributed by atoms with Gasteiger partial charge in [0.15, 0.2) is 0 Å². The topological polar surface area (TPSA) is 43.1 Å². The van der Waals surface area contributed by atoms with Crippen LogP contribution in [0.25, 0.3) is 0 Å². The summed E-state index contributed by atoms with van der Waals surface area (Å²) in [5, 5.41) is 10.5. The van der Waals surface area contributed by atoms with E-state index in [0.717, 1.165) is 5.56 Å². The normalized spacial score (nSPS) is 9.92. The van der Waals surface area contributed by atoms with E-state index in [1.54, 1.807) is 6.07 Å². The van der Waals surface area contributed by atoms with Gasteiger partial charge in [-0.1, -0.05) is 0 Å². The number of hydrogen-bond acceptors (Lipinski definition) is 3. The molecule has 1 aromatic rings. The highest BCUT2D eigenvalue weighted by atomic mass is 127. The molecular formula is C7H6INO2S. The highest BCUT2D eigenvalue weighted by Crippen LogP contribution is 2.26. The number of nitrogens with zero attached hydrogens (tertiary/aromatic N) is 1. The van der Waals surface area contributed by atoms with Crippen LogP contribution >= 0.6 is 35.2 Å². The Hall–Kier alpha value is -0.300. The molecule has 3 nitrogen and oxygen atoms in total. The van der Waals surface area contributed by atoms with Crippen molar-refractivity contribution in [1.82, 2.24) is 0 Å². The van der Waals surface area contributed by atoms with Gasteiger partial charge in [0, 0.05) is 11.0 Å². The Morgan fingerprint density at radius 2 is 2.17 bits per heavy atom. The number of benzene rings is 1. The Kier molecular flexibility index (Phi) is 2.94. The van der Waals surface area contributed by atoms with Gasteiger partial charge in [0.1, 0.15) is 0 Å². The highest BCUT2D eigenvalue weighted by molar-refractivity contribution is 14.1. The minimum Gasteiger partial charge on any atom is -0.258 e. The second kappa shape index (κ2) is 3.61. The van der Waals surface area contributed by atoms with E-state index in [1.165, 1.54) is 6.07 Å². The Morgan fingerprint density at radius 1 is 1.58 bits per heavy atom. The first-order chi connectivity index (χ1) is 5.52. The predicted molar refractivity (Wildman–Crippen MR) is 57.8 cm³/mol. The van der Waals surface area contributed by atoms with E-state index in [4.69, 9.17) is 0 Å². The first kappa shape index (κ1) is 9.79. The molecule has 12 heavy (non-hydrogen) atoms. The van der Waals surface area contributed by atoms with Crippen LogP contribution in [0, 0.1) is 20.6 Å². The van der Waals surface area contributed by atoms with E-state index in [2.05, 4.69) is 12.6 Å². The molecule has 5 heteroatoms. The van der Waals surface area contributed by atoms with E-state index >= 15 is 0 Å². The Labute approximate surface area is 88.9 Å². The fraction of sp³-hybridized carbons (Fsp3) is 0.143. The Bertz CT molecular complexity index is 340. The largest absolute Gasteiger partial charge is 0.283 e. The number of hydrogen-bond donors (Lipinski definition) is 1. The molecule has 0 unspecified atom stereocenters. The summed E-state index contributed by atoms with van der Waals surface area (Å²) in [6, 6.07) is 3.22. The van der Waals surface area contributed by atoms with Crippen molar-refractivity contribution in [3.05, 3.63) is 31.4 Å². The number of rotatable bonds is 1. The zero-order valence-corrected chi connectivity index (χ0v) is 9.30. The van der Waals surface area contributed by atoms with Gasteiger partial charge in [-0.2, -0.15) is 0 Å². The third-order valence-electron chi connectivity index (χ3n) is 1.46. The van der Waals surface area contributed by atoms with Crippen molar-refractivity contribution in [2.24, 2.45) is 0 Å². The fourth-order valence-corrected chi connectivity index (χ4v) is 1.80. The van der Waals surface area contributed by atoms with Crippen molar-refractivity contribution in [3.63, 3.8) is 0 Å². The van der Waals surface area contributed by atoms with Gasteiger partial charge in [-0.15, -0.1) is 12.6 Å². The van der Waals surface area contributed by atoms with Crippen LogP contribution in [-0.2, 0) is 0 Å². The van der Waals surface area contributed by atoms with Crippen LogP contribution in [0.1, 0.15) is 5.56 Å². The first-order valence-corrected chi connectivity index (χ1v) is 4.68. The van der Waals surface area contributed by atoms with Gasteiger partial charge in [-0.05, 0) is 41.1 Å². The fourth-order valence-electron chi connectivity index (χ4n) is 0.790. The number of thiol groups is 1. The van der Waals surface area contributed by atoms with E-state index < -0.39 is 4.92 Å². The van der Waals surface area contributed by atoms with E-state index in [1.807, 2.05) is 29.5 Å². The maximum absolute atomic E-state index is 10.5. The van der Waals surface area contributed by atoms with E-state index in [0.29, 0.717) is 8.47 Å². The summed E-state index contributed by atoms with van der Waals surface area (Å²) in [6.45, 7) is 1.87. The quantitative estimate of drug-likeness (QED) is 0.375. The highest BCUT2D eigenvalue weighted by Gasteiger charge is 2.12. The van der Waals surface area contributed by atoms with Crippen molar-refractivity contribution >= 4 is 40.9 Å². The lowest BCUT2D eigenvalue weighted by Gasteiger charge is -2.00. The van der Waals surface area contributed by atoms with Gasteiger partial charge in [0.2, 0.25) is 0 Å². The molecule has 0 N–H and O–H groups in total. The van der Waals surface area contributed by atoms with Crippen LogP contribution in [0.2, 0.25) is 0 Å². The Morgan fingerprint density at radius 3 is 2.67 bits per heavy atom. The van der Waals surface area contributed by atoms with Crippen LogP contribution in [0.3, 0.4) is 0 Å². The average Bonchev–Trinajstić information content (AvgIpc) is 1.96. The van der Waals surface area contributed by atoms with Crippen LogP contribution in [0.4, 0.5) is 5.69 Å². The van der Waals surface area contributed by atoms with Gasteiger partial charge in [0.05, 0.1) is 8.49 Å². The maximum atomic E-state index is 10.5. The van der Waals surface area contributed by atoms with Crippen LogP contribution in [-0.4, -0.2) is 4.92 Å². The van der Waals surface area contributed by atoms with Crippen LogP contribution < -0.4 is 0 Å². The summed E-state index contributed by atoms with van der Waals surface area (Å²) >= 11 is 6.04. The molecule has 1 rings (SSSR count). The second-order valence-electron chi connectivity index (χ2n) is 2.35. The maximum Gasteiger partial charge on any atom is 0.283 e. The summed E-state index contributed by atoms with van der Waals surface area (Å²) in [5.41, 5.74) is 1.07. The molecule has 0 heterocycles. The number of nitro benzene ring substituents is 1. The van der Waals surface area contributed by atoms with Crippen molar-refractivity contribution < 1.29 is 4.92 Å². The van der Waals surface area contributed by atoms with Gasteiger partial charge in [0.25, 0.3) is 5.69 Å². The third-order valence-corrected chi connectivity index (χ3v) is 2.81. The summed E-state index contributed by atoms with van der Waals surface area (Å²) in [6.07, 6.45) is 0. The molecule has 0 aliphatic heterocycles. The van der Waals surface area contributed by atoms with Crippen LogP contribution in [0.15, 0.2) is 17.0 Å². The number of nitro groups is 1. The predicted octanol–water partition coefficient (Wildman–Crippen LogP) is 2.80. The molecule has 0 saturated carbocycles. The van der Waals surface area contributed by atoms with Crippen LogP contribution in [0.5, 0.6) is 0 Å². The lowest BCUT2D eigenvalue weighted by molar-refractivity contribution is -0.386. The molecule has 0 atom stereocenters. The SMILES string of the molecule is Cc1cc(I)c([N+](=O)[O-])cc1S. The van der Waals surface area contributed by atoms with E-state index in [-0.39, 0.29) is 5.69 Å². The molecular weight excluding hydrogens is 289 g/mol. The molecule has 0 spiro atoms. The molecule has 0 amide bonds. The average molecular weight is 295 g/mol. The van der Waals surface area contributed by atoms with Gasteiger partial charge in [-0.25, -0.2) is 0 Å². The molecule has 0 aliphatic carbocycles. The molecule has 0 saturated heterocycles. The lowest BCUT2D eigenvalue weighted by atomic mass is 10.2. The van der Waals surface area contributed by atoms with Crippen molar-refractivity contribution in [2.45, 2.75) is 11.8 Å². The summed E-state index contributed by atoms with van der Waals surface area (Å²) in [4.78, 5) is 10.7. The molecule has 0 aromatic heterocycles. The Balaban J connectivity index is 3.33. The summed E-state index contributed by atoms with van der Waals surface area (Å²) in [5.74, 6) is 0. The summed E-state index contributed by atoms with van der Waals surface area (Å²) < 4.78 is 0.646. The number of aryl methyl sites for hydroxylation is 1. The van der Waals surface area contributed by atoms with Crippen molar-refractivity contribution in [2.75, 3.05) is 0 Å². The van der Waals surface area contributed by atoms with Gasteiger partial charge < -0.3 is 0 Å². The summed E-state index contributed by atoms with van der Waals surface area (Å²) in [7, 11) is 0. The lowest BCUT2D eigenvalue weighted by Crippen LogP contribution is -1.92. The molecule has 0 bridgehead atoms.